The van der Waals surface area contributed by atoms with Gasteiger partial charge in [-0.15, -0.1) is 0 Å². The van der Waals surface area contributed by atoms with Gasteiger partial charge in [0.05, 0.1) is 22.3 Å². The van der Waals surface area contributed by atoms with Gasteiger partial charge < -0.3 is 14.8 Å². The van der Waals surface area contributed by atoms with Crippen LogP contribution in [-0.4, -0.2) is 27.2 Å². The number of imidazole rings is 1. The van der Waals surface area contributed by atoms with Crippen molar-refractivity contribution in [2.45, 2.75) is 6.61 Å². The number of carboxylic acid groups (broad SMARTS) is 1. The maximum atomic E-state index is 12.3. The predicted octanol–water partition coefficient (Wildman–Crippen LogP) is 2.62. The average molecular weight is 320 g/mol. The normalized spacial score (nSPS) is 11.1. The second kappa shape index (κ2) is 5.56. The third-order valence-corrected chi connectivity index (χ3v) is 3.23. The van der Waals surface area contributed by atoms with Gasteiger partial charge in [0.25, 0.3) is 0 Å². The standard InChI is InChI=1S/C15H10F2N2O4/c16-14(17)23-10-3-1-2-9(7-10)19-12-5-4-8(13(20)21)6-11(12)18-15(19)22/h1-7,14H,(H,18,22)(H,20,21). The number of fused-ring (bicyclic) bond motifs is 1. The summed E-state index contributed by atoms with van der Waals surface area (Å²) in [7, 11) is 0. The third kappa shape index (κ3) is 2.78. The molecule has 3 rings (SSSR count). The summed E-state index contributed by atoms with van der Waals surface area (Å²) >= 11 is 0. The predicted molar refractivity (Wildman–Crippen MR) is 77.5 cm³/mol. The van der Waals surface area contributed by atoms with Crippen LogP contribution in [0.25, 0.3) is 16.7 Å². The molecular formula is C15H10F2N2O4. The van der Waals surface area contributed by atoms with Gasteiger partial charge in [0.2, 0.25) is 0 Å². The lowest BCUT2D eigenvalue weighted by molar-refractivity contribution is -0.0498. The first kappa shape index (κ1) is 14.8. The van der Waals surface area contributed by atoms with Gasteiger partial charge in [-0.05, 0) is 30.3 Å². The van der Waals surface area contributed by atoms with Crippen LogP contribution >= 0.6 is 0 Å². The zero-order chi connectivity index (χ0) is 16.6. The van der Waals surface area contributed by atoms with E-state index in [1.807, 2.05) is 0 Å². The van der Waals surface area contributed by atoms with Crippen molar-refractivity contribution in [1.82, 2.24) is 9.55 Å². The van der Waals surface area contributed by atoms with Gasteiger partial charge in [-0.3, -0.25) is 4.57 Å². The number of nitrogens with one attached hydrogen (secondary N) is 1. The van der Waals surface area contributed by atoms with Crippen LogP contribution in [0.2, 0.25) is 0 Å². The van der Waals surface area contributed by atoms with E-state index < -0.39 is 18.3 Å². The highest BCUT2D eigenvalue weighted by atomic mass is 19.3. The lowest BCUT2D eigenvalue weighted by Gasteiger charge is -2.08. The number of carbonyl (C=O) groups is 1. The summed E-state index contributed by atoms with van der Waals surface area (Å²) in [5.74, 6) is -1.20. The molecule has 23 heavy (non-hydrogen) atoms. The number of benzene rings is 2. The Morgan fingerprint density at radius 3 is 2.70 bits per heavy atom. The van der Waals surface area contributed by atoms with Crippen molar-refractivity contribution in [3.63, 3.8) is 0 Å². The molecule has 0 amide bonds. The molecule has 0 aliphatic carbocycles. The van der Waals surface area contributed by atoms with Crippen molar-refractivity contribution >= 4 is 17.0 Å². The molecule has 0 spiro atoms. The Labute approximate surface area is 127 Å². The van der Waals surface area contributed by atoms with Crippen LogP contribution < -0.4 is 10.4 Å². The summed E-state index contributed by atoms with van der Waals surface area (Å²) in [5, 5.41) is 8.97. The van der Waals surface area contributed by atoms with Crippen molar-refractivity contribution in [1.29, 1.82) is 0 Å². The maximum absolute atomic E-state index is 12.3. The minimum absolute atomic E-state index is 0.0284. The molecule has 0 aliphatic rings. The number of aromatic carboxylic acids is 1. The smallest absolute Gasteiger partial charge is 0.387 e. The Morgan fingerprint density at radius 1 is 1.22 bits per heavy atom. The second-order valence-corrected chi connectivity index (χ2v) is 4.68. The molecular weight excluding hydrogens is 310 g/mol. The van der Waals surface area contributed by atoms with E-state index >= 15 is 0 Å². The van der Waals surface area contributed by atoms with Crippen LogP contribution in [-0.2, 0) is 0 Å². The first-order valence-corrected chi connectivity index (χ1v) is 6.49. The summed E-state index contributed by atoms with van der Waals surface area (Å²) in [4.78, 5) is 25.6. The fraction of sp³-hybridized carbons (Fsp3) is 0.0667. The van der Waals surface area contributed by atoms with E-state index in [0.717, 1.165) is 0 Å². The first-order chi connectivity index (χ1) is 11.0. The summed E-state index contributed by atoms with van der Waals surface area (Å²) < 4.78 is 30.2. The fourth-order valence-corrected chi connectivity index (χ4v) is 2.30. The molecule has 1 aromatic heterocycles. The van der Waals surface area contributed by atoms with Crippen molar-refractivity contribution in [3.8, 4) is 11.4 Å². The number of alkyl halides is 2. The molecule has 0 saturated heterocycles. The lowest BCUT2D eigenvalue weighted by atomic mass is 10.2. The van der Waals surface area contributed by atoms with Crippen molar-refractivity contribution in [3.05, 3.63) is 58.5 Å². The Bertz CT molecular complexity index is 946. The van der Waals surface area contributed by atoms with Gasteiger partial charge in [0.1, 0.15) is 5.75 Å². The van der Waals surface area contributed by atoms with Gasteiger partial charge in [0, 0.05) is 6.07 Å². The molecule has 0 bridgehead atoms. The summed E-state index contributed by atoms with van der Waals surface area (Å²) in [6.45, 7) is -2.97. The number of aromatic nitrogens is 2. The lowest BCUT2D eigenvalue weighted by Crippen LogP contribution is -2.14. The molecule has 8 heteroatoms. The van der Waals surface area contributed by atoms with Crippen LogP contribution in [0.4, 0.5) is 8.78 Å². The number of ether oxygens (including phenoxy) is 1. The van der Waals surface area contributed by atoms with Crippen molar-refractivity contribution < 1.29 is 23.4 Å². The van der Waals surface area contributed by atoms with E-state index in [1.165, 1.54) is 41.0 Å². The number of carboxylic acids is 1. The van der Waals surface area contributed by atoms with Crippen LogP contribution in [0.5, 0.6) is 5.75 Å². The largest absolute Gasteiger partial charge is 0.478 e. The van der Waals surface area contributed by atoms with Crippen molar-refractivity contribution in [2.75, 3.05) is 0 Å². The average Bonchev–Trinajstić information content (AvgIpc) is 2.81. The Morgan fingerprint density at radius 2 is 2.00 bits per heavy atom. The molecule has 0 radical (unpaired) electrons. The third-order valence-electron chi connectivity index (χ3n) is 3.23. The molecule has 0 saturated carbocycles. The summed E-state index contributed by atoms with van der Waals surface area (Å²) in [6, 6.07) is 9.83. The summed E-state index contributed by atoms with van der Waals surface area (Å²) in [5.41, 5.74) is 0.587. The molecule has 2 N–H and O–H groups in total. The Hall–Kier alpha value is -3.16. The minimum Gasteiger partial charge on any atom is -0.478 e. The monoisotopic (exact) mass is 320 g/mol. The zero-order valence-corrected chi connectivity index (χ0v) is 11.5. The van der Waals surface area contributed by atoms with Crippen LogP contribution in [0.1, 0.15) is 10.4 Å². The van der Waals surface area contributed by atoms with E-state index in [4.69, 9.17) is 5.11 Å². The van der Waals surface area contributed by atoms with Gasteiger partial charge in [-0.1, -0.05) is 6.07 Å². The maximum Gasteiger partial charge on any atom is 0.387 e. The number of rotatable bonds is 4. The summed E-state index contributed by atoms with van der Waals surface area (Å²) in [6.07, 6.45) is 0. The fourth-order valence-electron chi connectivity index (χ4n) is 2.30. The van der Waals surface area contributed by atoms with E-state index in [2.05, 4.69) is 9.72 Å². The highest BCUT2D eigenvalue weighted by Crippen LogP contribution is 2.21. The van der Waals surface area contributed by atoms with Crippen LogP contribution in [0.15, 0.2) is 47.3 Å². The Balaban J connectivity index is 2.15. The van der Waals surface area contributed by atoms with Gasteiger partial charge in [-0.25, -0.2) is 9.59 Å². The van der Waals surface area contributed by atoms with Crippen LogP contribution in [0.3, 0.4) is 0 Å². The Kier molecular flexibility index (Phi) is 3.57. The molecule has 118 valence electrons. The number of H-pyrrole nitrogens is 1. The molecule has 0 fully saturated rings. The zero-order valence-electron chi connectivity index (χ0n) is 11.5. The number of hydrogen-bond donors (Lipinski definition) is 2. The molecule has 1 heterocycles. The van der Waals surface area contributed by atoms with E-state index in [1.54, 1.807) is 6.07 Å². The topological polar surface area (TPSA) is 84.3 Å². The molecule has 0 atom stereocenters. The number of nitrogens with zero attached hydrogens (tertiary/aromatic N) is 1. The van der Waals surface area contributed by atoms with Gasteiger partial charge >= 0.3 is 18.3 Å². The molecule has 2 aromatic carbocycles. The number of halogens is 2. The minimum atomic E-state index is -2.97. The molecule has 0 unspecified atom stereocenters. The second-order valence-electron chi connectivity index (χ2n) is 4.68. The highest BCUT2D eigenvalue weighted by molar-refractivity contribution is 5.92. The van der Waals surface area contributed by atoms with Crippen LogP contribution in [0, 0.1) is 0 Å². The number of hydrogen-bond acceptors (Lipinski definition) is 3. The van der Waals surface area contributed by atoms with E-state index in [0.29, 0.717) is 16.7 Å². The molecule has 6 nitrogen and oxygen atoms in total. The highest BCUT2D eigenvalue weighted by Gasteiger charge is 2.13. The molecule has 3 aromatic rings. The van der Waals surface area contributed by atoms with Crippen molar-refractivity contribution in [2.24, 2.45) is 0 Å². The SMILES string of the molecule is O=C(O)c1ccc2c(c1)[nH]c(=O)n2-c1cccc(OC(F)F)c1. The number of aromatic amines is 1. The quantitative estimate of drug-likeness (QED) is 0.774. The first-order valence-electron chi connectivity index (χ1n) is 6.49. The van der Waals surface area contributed by atoms with E-state index in [-0.39, 0.29) is 11.3 Å². The molecule has 0 aliphatic heterocycles. The van der Waals surface area contributed by atoms with Gasteiger partial charge in [-0.2, -0.15) is 8.78 Å². The van der Waals surface area contributed by atoms with Gasteiger partial charge in [0.15, 0.2) is 0 Å². The van der Waals surface area contributed by atoms with E-state index in [9.17, 15) is 18.4 Å².